The first-order valence-electron chi connectivity index (χ1n) is 5.51. The zero-order valence-electron chi connectivity index (χ0n) is 8.95. The summed E-state index contributed by atoms with van der Waals surface area (Å²) in [5.41, 5.74) is 1.94. The molecule has 4 heteroatoms. The lowest BCUT2D eigenvalue weighted by Gasteiger charge is -2.13. The van der Waals surface area contributed by atoms with E-state index in [4.69, 9.17) is 11.6 Å². The minimum atomic E-state index is -2.07. The maximum Gasteiger partial charge on any atom is 0.0449 e. The largest absolute Gasteiger partial charge is 0.772 e. The maximum atomic E-state index is 10.6. The normalized spacial score (nSPS) is 18.9. The zero-order valence-corrected chi connectivity index (χ0v) is 10.5. The first kappa shape index (κ1) is 12.1. The van der Waals surface area contributed by atoms with Gasteiger partial charge in [-0.3, -0.25) is 4.21 Å². The van der Waals surface area contributed by atoms with E-state index in [0.29, 0.717) is 16.5 Å². The third-order valence-electron chi connectivity index (χ3n) is 3.18. The van der Waals surface area contributed by atoms with Crippen molar-refractivity contribution in [1.82, 2.24) is 0 Å². The van der Waals surface area contributed by atoms with Crippen molar-refractivity contribution in [3.63, 3.8) is 0 Å². The number of rotatable bonds is 3. The lowest BCUT2D eigenvalue weighted by molar-refractivity contribution is 0.536. The average molecular weight is 258 g/mol. The van der Waals surface area contributed by atoms with Gasteiger partial charge >= 0.3 is 0 Å². The van der Waals surface area contributed by atoms with Crippen molar-refractivity contribution >= 4 is 22.7 Å². The van der Waals surface area contributed by atoms with Gasteiger partial charge in [0.05, 0.1) is 0 Å². The van der Waals surface area contributed by atoms with Crippen molar-refractivity contribution in [3.8, 4) is 0 Å². The highest BCUT2D eigenvalue weighted by atomic mass is 35.5. The molecular formula is C12H14ClO2S-. The summed E-state index contributed by atoms with van der Waals surface area (Å²) >= 11 is 4.01. The van der Waals surface area contributed by atoms with Crippen LogP contribution in [0.15, 0.2) is 18.2 Å². The molecule has 0 aromatic heterocycles. The van der Waals surface area contributed by atoms with E-state index in [1.54, 1.807) is 0 Å². The molecule has 1 aliphatic carbocycles. The van der Waals surface area contributed by atoms with Crippen LogP contribution in [-0.2, 0) is 16.8 Å². The van der Waals surface area contributed by atoms with Crippen LogP contribution in [0, 0.1) is 0 Å². The van der Waals surface area contributed by atoms with Gasteiger partial charge in [-0.15, -0.1) is 0 Å². The minimum Gasteiger partial charge on any atom is -0.772 e. The van der Waals surface area contributed by atoms with Gasteiger partial charge in [-0.1, -0.05) is 47.7 Å². The van der Waals surface area contributed by atoms with Crippen molar-refractivity contribution in [2.75, 3.05) is 0 Å². The Balaban J connectivity index is 2.18. The second-order valence-corrected chi connectivity index (χ2v) is 5.58. The predicted molar refractivity (Wildman–Crippen MR) is 65.3 cm³/mol. The van der Waals surface area contributed by atoms with Crippen LogP contribution in [0.2, 0.25) is 5.02 Å². The Hall–Kier alpha value is -0.380. The molecule has 88 valence electrons. The Kier molecular flexibility index (Phi) is 4.00. The third-order valence-corrected chi connectivity index (χ3v) is 4.08. The van der Waals surface area contributed by atoms with E-state index in [2.05, 4.69) is 0 Å². The van der Waals surface area contributed by atoms with E-state index in [-0.39, 0.29) is 5.75 Å². The van der Waals surface area contributed by atoms with Gasteiger partial charge in [-0.05, 0) is 36.0 Å². The van der Waals surface area contributed by atoms with Crippen molar-refractivity contribution in [2.45, 2.75) is 37.4 Å². The summed E-state index contributed by atoms with van der Waals surface area (Å²) < 4.78 is 21.2. The first-order valence-corrected chi connectivity index (χ1v) is 7.13. The molecule has 0 N–H and O–H groups in total. The SMILES string of the molecule is O=S([O-])Cc1ccc(C2CCCC2)cc1Cl. The maximum absolute atomic E-state index is 10.6. The van der Waals surface area contributed by atoms with Crippen LogP contribution in [0.3, 0.4) is 0 Å². The Morgan fingerprint density at radius 3 is 2.62 bits per heavy atom. The summed E-state index contributed by atoms with van der Waals surface area (Å²) in [4.78, 5) is 0. The fourth-order valence-electron chi connectivity index (χ4n) is 2.32. The second-order valence-electron chi connectivity index (χ2n) is 4.28. The average Bonchev–Trinajstić information content (AvgIpc) is 2.73. The highest BCUT2D eigenvalue weighted by molar-refractivity contribution is 7.78. The molecule has 1 unspecified atom stereocenters. The quantitative estimate of drug-likeness (QED) is 0.779. The topological polar surface area (TPSA) is 40.1 Å². The molecule has 0 spiro atoms. The fourth-order valence-corrected chi connectivity index (χ4v) is 3.16. The molecule has 0 amide bonds. The minimum absolute atomic E-state index is 0.00375. The van der Waals surface area contributed by atoms with Crippen molar-refractivity contribution < 1.29 is 8.76 Å². The predicted octanol–water partition coefficient (Wildman–Crippen LogP) is 3.38. The van der Waals surface area contributed by atoms with Gasteiger partial charge in [0, 0.05) is 10.8 Å². The van der Waals surface area contributed by atoms with Gasteiger partial charge in [-0.25, -0.2) is 0 Å². The molecule has 1 atom stereocenters. The molecule has 0 aliphatic heterocycles. The summed E-state index contributed by atoms with van der Waals surface area (Å²) in [5, 5.41) is 0.577. The molecule has 2 rings (SSSR count). The molecule has 0 heterocycles. The monoisotopic (exact) mass is 257 g/mol. The number of benzene rings is 1. The van der Waals surface area contributed by atoms with Crippen LogP contribution in [0.4, 0.5) is 0 Å². The van der Waals surface area contributed by atoms with Gasteiger partial charge < -0.3 is 4.55 Å². The van der Waals surface area contributed by atoms with E-state index in [1.165, 1.54) is 31.2 Å². The van der Waals surface area contributed by atoms with Gasteiger partial charge in [0.2, 0.25) is 0 Å². The molecule has 2 nitrogen and oxygen atoms in total. The lowest BCUT2D eigenvalue weighted by Crippen LogP contribution is -1.97. The molecule has 0 radical (unpaired) electrons. The molecule has 1 aliphatic rings. The van der Waals surface area contributed by atoms with Gasteiger partial charge in [0.15, 0.2) is 0 Å². The molecule has 0 saturated heterocycles. The lowest BCUT2D eigenvalue weighted by atomic mass is 9.97. The Labute approximate surface area is 103 Å². The molecule has 1 saturated carbocycles. The molecule has 1 fully saturated rings. The molecule has 16 heavy (non-hydrogen) atoms. The Bertz CT molecular complexity index is 400. The Morgan fingerprint density at radius 1 is 1.38 bits per heavy atom. The fraction of sp³-hybridized carbons (Fsp3) is 0.500. The van der Waals surface area contributed by atoms with E-state index in [0.717, 1.165) is 0 Å². The zero-order chi connectivity index (χ0) is 11.5. The molecule has 1 aromatic rings. The summed E-state index contributed by atoms with van der Waals surface area (Å²) in [6.45, 7) is 0. The van der Waals surface area contributed by atoms with Crippen LogP contribution in [0.25, 0.3) is 0 Å². The molecular weight excluding hydrogens is 244 g/mol. The van der Waals surface area contributed by atoms with E-state index >= 15 is 0 Å². The van der Waals surface area contributed by atoms with Gasteiger partial charge in [0.25, 0.3) is 0 Å². The first-order chi connectivity index (χ1) is 7.66. The number of halogens is 1. The summed E-state index contributed by atoms with van der Waals surface area (Å²) in [5.74, 6) is 0.619. The summed E-state index contributed by atoms with van der Waals surface area (Å²) in [7, 11) is 0. The highest BCUT2D eigenvalue weighted by Gasteiger charge is 2.17. The van der Waals surface area contributed by atoms with Crippen LogP contribution in [-0.4, -0.2) is 8.76 Å². The van der Waals surface area contributed by atoms with Crippen LogP contribution in [0.5, 0.6) is 0 Å². The number of hydrogen-bond donors (Lipinski definition) is 0. The molecule has 0 bridgehead atoms. The summed E-state index contributed by atoms with van der Waals surface area (Å²) in [6.07, 6.45) is 5.02. The smallest absolute Gasteiger partial charge is 0.0449 e. The second kappa shape index (κ2) is 5.30. The van der Waals surface area contributed by atoms with Crippen LogP contribution in [0.1, 0.15) is 42.7 Å². The van der Waals surface area contributed by atoms with Gasteiger partial charge in [0.1, 0.15) is 0 Å². The standard InChI is InChI=1S/C12H15ClO2S/c13-12-7-10(9-3-1-2-4-9)5-6-11(12)8-16(14)15/h5-7,9H,1-4,8H2,(H,14,15)/p-1. The van der Waals surface area contributed by atoms with Crippen molar-refractivity contribution in [1.29, 1.82) is 0 Å². The van der Waals surface area contributed by atoms with Crippen molar-refractivity contribution in [2.24, 2.45) is 0 Å². The number of hydrogen-bond acceptors (Lipinski definition) is 2. The van der Waals surface area contributed by atoms with Gasteiger partial charge in [-0.2, -0.15) is 0 Å². The van der Waals surface area contributed by atoms with Crippen LogP contribution < -0.4 is 0 Å². The Morgan fingerprint density at radius 2 is 2.06 bits per heavy atom. The van der Waals surface area contributed by atoms with E-state index in [9.17, 15) is 8.76 Å². The summed E-state index contributed by atoms with van der Waals surface area (Å²) in [6, 6.07) is 5.79. The third kappa shape index (κ3) is 2.84. The van der Waals surface area contributed by atoms with E-state index < -0.39 is 11.1 Å². The van der Waals surface area contributed by atoms with Crippen molar-refractivity contribution in [3.05, 3.63) is 34.3 Å². The molecule has 1 aromatic carbocycles. The van der Waals surface area contributed by atoms with Crippen LogP contribution >= 0.6 is 11.6 Å². The van der Waals surface area contributed by atoms with E-state index in [1.807, 2.05) is 18.2 Å². The highest BCUT2D eigenvalue weighted by Crippen LogP contribution is 2.35.